The van der Waals surface area contributed by atoms with E-state index < -0.39 is 17.4 Å². The summed E-state index contributed by atoms with van der Waals surface area (Å²) < 4.78 is 0. The molecule has 1 fully saturated rings. The molecule has 0 aromatic heterocycles. The fourth-order valence-electron chi connectivity index (χ4n) is 2.23. The van der Waals surface area contributed by atoms with Gasteiger partial charge in [-0.2, -0.15) is 0 Å². The molecule has 1 atom stereocenters. The lowest BCUT2D eigenvalue weighted by Crippen LogP contribution is -2.60. The topological polar surface area (TPSA) is 78.4 Å². The quantitative estimate of drug-likeness (QED) is 0.721. The van der Waals surface area contributed by atoms with E-state index in [-0.39, 0.29) is 11.6 Å². The summed E-state index contributed by atoms with van der Waals surface area (Å²) in [6, 6.07) is -1.26. The van der Waals surface area contributed by atoms with Crippen LogP contribution in [0.5, 0.6) is 0 Å². The Bertz CT molecular complexity index is 324. The van der Waals surface area contributed by atoms with Crippen molar-refractivity contribution in [3.8, 4) is 0 Å². The highest BCUT2D eigenvalue weighted by atomic mass is 16.4. The lowest BCUT2D eigenvalue weighted by Gasteiger charge is -2.42. The zero-order chi connectivity index (χ0) is 14.0. The van der Waals surface area contributed by atoms with Crippen molar-refractivity contribution < 1.29 is 14.7 Å². The molecule has 1 aliphatic rings. The van der Waals surface area contributed by atoms with Crippen LogP contribution in [-0.2, 0) is 4.79 Å². The Labute approximate surface area is 108 Å². The molecule has 1 saturated carbocycles. The third-order valence-corrected chi connectivity index (χ3v) is 3.75. The van der Waals surface area contributed by atoms with E-state index in [1.807, 2.05) is 6.92 Å². The molecule has 3 N–H and O–H groups in total. The molecule has 0 spiro atoms. The molecule has 18 heavy (non-hydrogen) atoms. The lowest BCUT2D eigenvalue weighted by molar-refractivity contribution is -0.141. The number of amides is 2. The van der Waals surface area contributed by atoms with Gasteiger partial charge in [-0.25, -0.2) is 9.59 Å². The molecule has 0 bridgehead atoms. The van der Waals surface area contributed by atoms with Gasteiger partial charge in [0.15, 0.2) is 0 Å². The van der Waals surface area contributed by atoms with Crippen molar-refractivity contribution in [2.75, 3.05) is 0 Å². The molecule has 5 heteroatoms. The van der Waals surface area contributed by atoms with Crippen LogP contribution in [0.1, 0.15) is 53.4 Å². The molecule has 0 saturated heterocycles. The van der Waals surface area contributed by atoms with Crippen LogP contribution in [0.15, 0.2) is 0 Å². The molecule has 5 nitrogen and oxygen atoms in total. The van der Waals surface area contributed by atoms with Crippen molar-refractivity contribution in [2.24, 2.45) is 5.41 Å². The number of carboxylic acids is 1. The maximum Gasteiger partial charge on any atom is 0.326 e. The van der Waals surface area contributed by atoms with Crippen molar-refractivity contribution in [3.63, 3.8) is 0 Å². The smallest absolute Gasteiger partial charge is 0.326 e. The summed E-state index contributed by atoms with van der Waals surface area (Å²) in [4.78, 5) is 23.0. The molecule has 104 valence electrons. The van der Waals surface area contributed by atoms with E-state index in [0.29, 0.717) is 0 Å². The maximum atomic E-state index is 11.9. The van der Waals surface area contributed by atoms with E-state index in [4.69, 9.17) is 5.11 Å². The van der Waals surface area contributed by atoms with Crippen LogP contribution in [0.4, 0.5) is 4.79 Å². The highest BCUT2D eigenvalue weighted by Gasteiger charge is 2.38. The molecule has 0 radical (unpaired) electrons. The number of carbonyl (C=O) groups excluding carboxylic acids is 1. The second-order valence-corrected chi connectivity index (χ2v) is 6.22. The Morgan fingerprint density at radius 2 is 1.89 bits per heavy atom. The Hall–Kier alpha value is -1.26. The molecule has 1 rings (SSSR count). The van der Waals surface area contributed by atoms with E-state index in [1.54, 1.807) is 20.8 Å². The predicted octanol–water partition coefficient (Wildman–Crippen LogP) is 2.12. The van der Waals surface area contributed by atoms with Gasteiger partial charge in [-0.1, -0.05) is 27.7 Å². The van der Waals surface area contributed by atoms with Gasteiger partial charge >= 0.3 is 12.0 Å². The van der Waals surface area contributed by atoms with Gasteiger partial charge in [-0.15, -0.1) is 0 Å². The highest BCUT2D eigenvalue weighted by Crippen LogP contribution is 2.34. The average molecular weight is 256 g/mol. The molecule has 0 aromatic carbocycles. The first kappa shape index (κ1) is 14.8. The average Bonchev–Trinajstić information content (AvgIpc) is 2.18. The summed E-state index contributed by atoms with van der Waals surface area (Å²) >= 11 is 0. The van der Waals surface area contributed by atoms with Crippen LogP contribution in [0.3, 0.4) is 0 Å². The molecular formula is C13H24N2O3. The van der Waals surface area contributed by atoms with E-state index >= 15 is 0 Å². The van der Waals surface area contributed by atoms with E-state index in [9.17, 15) is 9.59 Å². The molecule has 0 aromatic rings. The minimum absolute atomic E-state index is 0.120. The van der Waals surface area contributed by atoms with Crippen molar-refractivity contribution >= 4 is 12.0 Å². The highest BCUT2D eigenvalue weighted by molar-refractivity contribution is 5.83. The van der Waals surface area contributed by atoms with Crippen molar-refractivity contribution in [3.05, 3.63) is 0 Å². The monoisotopic (exact) mass is 256 g/mol. The minimum Gasteiger partial charge on any atom is -0.480 e. The Morgan fingerprint density at radius 3 is 2.17 bits per heavy atom. The van der Waals surface area contributed by atoms with E-state index in [1.165, 1.54) is 0 Å². The number of carbonyl (C=O) groups is 2. The van der Waals surface area contributed by atoms with Crippen molar-refractivity contribution in [1.82, 2.24) is 10.6 Å². The second-order valence-electron chi connectivity index (χ2n) is 6.22. The summed E-state index contributed by atoms with van der Waals surface area (Å²) in [7, 11) is 0. The third kappa shape index (κ3) is 3.37. The fraction of sp³-hybridized carbons (Fsp3) is 0.846. The number of hydrogen-bond donors (Lipinski definition) is 3. The molecule has 0 heterocycles. The fourth-order valence-corrected chi connectivity index (χ4v) is 2.23. The first-order chi connectivity index (χ1) is 8.20. The Morgan fingerprint density at radius 1 is 1.33 bits per heavy atom. The molecule has 1 aliphatic carbocycles. The largest absolute Gasteiger partial charge is 0.480 e. The number of urea groups is 1. The summed E-state index contributed by atoms with van der Waals surface area (Å²) in [5.74, 6) is -1.00. The molecule has 0 unspecified atom stereocenters. The van der Waals surface area contributed by atoms with Crippen LogP contribution in [-0.4, -0.2) is 28.7 Å². The van der Waals surface area contributed by atoms with Crippen LogP contribution < -0.4 is 10.6 Å². The van der Waals surface area contributed by atoms with Gasteiger partial charge in [0.05, 0.1) is 0 Å². The molecule has 0 aliphatic heterocycles. The standard InChI is InChI=1S/C13H24N2O3/c1-5-13(7-6-8-13)15-11(18)14-9(10(16)17)12(2,3)4/h9H,5-8H2,1-4H3,(H,16,17)(H2,14,15,18)/t9-/m1/s1. The second kappa shape index (κ2) is 5.16. The van der Waals surface area contributed by atoms with E-state index in [2.05, 4.69) is 10.6 Å². The van der Waals surface area contributed by atoms with Gasteiger partial charge in [-0.05, 0) is 31.1 Å². The van der Waals surface area contributed by atoms with Gasteiger partial charge in [0, 0.05) is 5.54 Å². The number of rotatable bonds is 4. The number of nitrogens with one attached hydrogen (secondary N) is 2. The minimum atomic E-state index is -1.00. The van der Waals surface area contributed by atoms with Crippen LogP contribution in [0.25, 0.3) is 0 Å². The lowest BCUT2D eigenvalue weighted by atomic mass is 9.75. The van der Waals surface area contributed by atoms with Crippen LogP contribution in [0.2, 0.25) is 0 Å². The molecule has 2 amide bonds. The third-order valence-electron chi connectivity index (χ3n) is 3.75. The first-order valence-corrected chi connectivity index (χ1v) is 6.52. The first-order valence-electron chi connectivity index (χ1n) is 6.52. The van der Waals surface area contributed by atoms with Gasteiger partial charge < -0.3 is 15.7 Å². The van der Waals surface area contributed by atoms with Crippen LogP contribution in [0, 0.1) is 5.41 Å². The zero-order valence-electron chi connectivity index (χ0n) is 11.7. The van der Waals surface area contributed by atoms with Gasteiger partial charge in [-0.3, -0.25) is 0 Å². The van der Waals surface area contributed by atoms with Gasteiger partial charge in [0.2, 0.25) is 0 Å². The van der Waals surface area contributed by atoms with Crippen molar-refractivity contribution in [1.29, 1.82) is 0 Å². The van der Waals surface area contributed by atoms with Gasteiger partial charge in [0.1, 0.15) is 6.04 Å². The Kier molecular flexibility index (Phi) is 4.24. The number of aliphatic carboxylic acids is 1. The predicted molar refractivity (Wildman–Crippen MR) is 69.4 cm³/mol. The number of carboxylic acid groups (broad SMARTS) is 1. The summed E-state index contributed by atoms with van der Waals surface area (Å²) in [5, 5.41) is 14.6. The zero-order valence-corrected chi connectivity index (χ0v) is 11.7. The van der Waals surface area contributed by atoms with Gasteiger partial charge in [0.25, 0.3) is 0 Å². The van der Waals surface area contributed by atoms with Crippen molar-refractivity contribution in [2.45, 2.75) is 65.0 Å². The van der Waals surface area contributed by atoms with E-state index in [0.717, 1.165) is 25.7 Å². The number of hydrogen-bond acceptors (Lipinski definition) is 2. The SMILES string of the molecule is CCC1(NC(=O)N[C@H](C(=O)O)C(C)(C)C)CCC1. The normalized spacial score (nSPS) is 19.6. The summed E-state index contributed by atoms with van der Waals surface area (Å²) in [5.41, 5.74) is -0.632. The maximum absolute atomic E-state index is 11.9. The Balaban J connectivity index is 2.60. The van der Waals surface area contributed by atoms with Crippen LogP contribution >= 0.6 is 0 Å². The molecular weight excluding hydrogens is 232 g/mol. The summed E-state index contributed by atoms with van der Waals surface area (Å²) in [6.45, 7) is 7.43. The summed E-state index contributed by atoms with van der Waals surface area (Å²) in [6.07, 6.45) is 3.96.